The van der Waals surface area contributed by atoms with E-state index in [2.05, 4.69) is 20.9 Å². The summed E-state index contributed by atoms with van der Waals surface area (Å²) in [5.41, 5.74) is 3.10. The van der Waals surface area contributed by atoms with E-state index < -0.39 is 5.91 Å². The van der Waals surface area contributed by atoms with Crippen molar-refractivity contribution in [3.05, 3.63) is 35.4 Å². The zero-order valence-corrected chi connectivity index (χ0v) is 12.0. The summed E-state index contributed by atoms with van der Waals surface area (Å²) in [6.07, 6.45) is 2.66. The third-order valence-corrected chi connectivity index (χ3v) is 2.81. The molecule has 9 heteroatoms. The van der Waals surface area contributed by atoms with Gasteiger partial charge in [0, 0.05) is 13.0 Å². The highest BCUT2D eigenvalue weighted by Crippen LogP contribution is 2.31. The van der Waals surface area contributed by atoms with E-state index in [1.54, 1.807) is 0 Å². The second-order valence-electron chi connectivity index (χ2n) is 4.02. The van der Waals surface area contributed by atoms with Crippen LogP contribution in [0.4, 0.5) is 5.69 Å². The average molecular weight is 310 g/mol. The van der Waals surface area contributed by atoms with Gasteiger partial charge in [-0.2, -0.15) is 0 Å². The fourth-order valence-electron chi connectivity index (χ4n) is 1.62. The first-order valence-electron chi connectivity index (χ1n) is 5.82. The molecular weight excluding hydrogens is 298 g/mol. The van der Waals surface area contributed by atoms with E-state index >= 15 is 0 Å². The van der Waals surface area contributed by atoms with E-state index in [-0.39, 0.29) is 22.2 Å². The Morgan fingerprint density at radius 2 is 1.95 bits per heavy atom. The van der Waals surface area contributed by atoms with E-state index in [9.17, 15) is 9.59 Å². The zero-order valence-electron chi connectivity index (χ0n) is 11.3. The van der Waals surface area contributed by atoms with Crippen LogP contribution in [-0.4, -0.2) is 33.8 Å². The van der Waals surface area contributed by atoms with Crippen LogP contribution in [-0.2, 0) is 4.79 Å². The molecule has 0 fully saturated rings. The maximum Gasteiger partial charge on any atom is 0.273 e. The number of methoxy groups -OCH3 is 1. The van der Waals surface area contributed by atoms with E-state index in [0.717, 1.165) is 0 Å². The van der Waals surface area contributed by atoms with Crippen LogP contribution in [0.3, 0.4) is 0 Å². The number of halogens is 1. The molecule has 8 nitrogen and oxygen atoms in total. The highest BCUT2D eigenvalue weighted by molar-refractivity contribution is 6.34. The van der Waals surface area contributed by atoms with E-state index in [0.29, 0.717) is 5.69 Å². The van der Waals surface area contributed by atoms with Crippen LogP contribution < -0.4 is 15.5 Å². The minimum atomic E-state index is -0.456. The Morgan fingerprint density at radius 1 is 1.29 bits per heavy atom. The van der Waals surface area contributed by atoms with Gasteiger partial charge >= 0.3 is 0 Å². The van der Waals surface area contributed by atoms with Crippen molar-refractivity contribution in [3.63, 3.8) is 0 Å². The molecule has 0 aliphatic rings. The first-order chi connectivity index (χ1) is 10.0. The van der Waals surface area contributed by atoms with Gasteiger partial charge in [0.15, 0.2) is 0 Å². The van der Waals surface area contributed by atoms with Crippen molar-refractivity contribution in [3.8, 4) is 5.75 Å². The third-order valence-electron chi connectivity index (χ3n) is 2.49. The number of hydrogen-bond donors (Lipinski definition) is 2. The van der Waals surface area contributed by atoms with Gasteiger partial charge < -0.3 is 10.1 Å². The number of hydrogen-bond acceptors (Lipinski definition) is 5. The highest BCUT2D eigenvalue weighted by Gasteiger charge is 2.16. The smallest absolute Gasteiger partial charge is 0.273 e. The molecule has 1 aromatic heterocycles. The number of benzene rings is 1. The van der Waals surface area contributed by atoms with Crippen molar-refractivity contribution in [1.29, 1.82) is 0 Å². The zero-order chi connectivity index (χ0) is 15.4. The van der Waals surface area contributed by atoms with Gasteiger partial charge in [-0.15, -0.1) is 10.2 Å². The summed E-state index contributed by atoms with van der Waals surface area (Å²) in [4.78, 5) is 23.3. The van der Waals surface area contributed by atoms with Crippen LogP contribution in [0.5, 0.6) is 5.75 Å². The lowest BCUT2D eigenvalue weighted by Crippen LogP contribution is -2.22. The van der Waals surface area contributed by atoms with Crippen molar-refractivity contribution >= 4 is 29.1 Å². The first-order valence-corrected chi connectivity index (χ1v) is 6.20. The molecule has 0 aliphatic heterocycles. The van der Waals surface area contributed by atoms with Crippen LogP contribution >= 0.6 is 11.6 Å². The van der Waals surface area contributed by atoms with E-state index in [4.69, 9.17) is 16.3 Å². The number of carbonyl (C=O) groups is 2. The lowest BCUT2D eigenvalue weighted by atomic mass is 10.1. The fraction of sp³-hybridized carbons (Fsp3) is 0.167. The number of amides is 2. The fourth-order valence-corrected chi connectivity index (χ4v) is 1.83. The van der Waals surface area contributed by atoms with Gasteiger partial charge in [0.05, 0.1) is 23.4 Å². The maximum absolute atomic E-state index is 12.2. The SMILES string of the molecule is COc1cc(NC(C)=O)c(Cl)cc1C(=O)Nn1cnnc1. The summed E-state index contributed by atoms with van der Waals surface area (Å²) in [5.74, 6) is -0.461. The number of ether oxygens (including phenoxy) is 1. The molecule has 0 spiro atoms. The largest absolute Gasteiger partial charge is 0.496 e. The van der Waals surface area contributed by atoms with E-state index in [1.165, 1.54) is 43.5 Å². The molecule has 2 amide bonds. The summed E-state index contributed by atoms with van der Waals surface area (Å²) < 4.78 is 6.44. The summed E-state index contributed by atoms with van der Waals surface area (Å²) in [6, 6.07) is 2.89. The maximum atomic E-state index is 12.2. The van der Waals surface area contributed by atoms with Crippen molar-refractivity contribution in [2.45, 2.75) is 6.92 Å². The first kappa shape index (κ1) is 14.8. The summed E-state index contributed by atoms with van der Waals surface area (Å²) >= 11 is 6.05. The van der Waals surface area contributed by atoms with Crippen LogP contribution in [0.1, 0.15) is 17.3 Å². The van der Waals surface area contributed by atoms with Gasteiger partial charge in [-0.1, -0.05) is 11.6 Å². The average Bonchev–Trinajstić information content (AvgIpc) is 2.92. The number of nitrogens with one attached hydrogen (secondary N) is 2. The van der Waals surface area contributed by atoms with Crippen molar-refractivity contribution in [2.75, 3.05) is 17.9 Å². The van der Waals surface area contributed by atoms with Gasteiger partial charge in [-0.25, -0.2) is 4.68 Å². The number of nitrogens with zero attached hydrogens (tertiary/aromatic N) is 3. The second-order valence-corrected chi connectivity index (χ2v) is 4.43. The Hall–Kier alpha value is -2.61. The Bertz CT molecular complexity index is 672. The monoisotopic (exact) mass is 309 g/mol. The molecule has 0 saturated heterocycles. The number of anilines is 1. The molecule has 0 radical (unpaired) electrons. The summed E-state index contributed by atoms with van der Waals surface area (Å²) in [7, 11) is 1.41. The highest BCUT2D eigenvalue weighted by atomic mass is 35.5. The van der Waals surface area contributed by atoms with Crippen molar-refractivity contribution < 1.29 is 14.3 Å². The third kappa shape index (κ3) is 3.48. The topological polar surface area (TPSA) is 98.1 Å². The molecule has 2 N–H and O–H groups in total. The predicted octanol–water partition coefficient (Wildman–Crippen LogP) is 1.28. The van der Waals surface area contributed by atoms with Crippen molar-refractivity contribution in [1.82, 2.24) is 14.9 Å². The van der Waals surface area contributed by atoms with Gasteiger partial charge in [0.2, 0.25) is 5.91 Å². The normalized spacial score (nSPS) is 10.0. The lowest BCUT2D eigenvalue weighted by Gasteiger charge is -2.13. The van der Waals surface area contributed by atoms with Crippen LogP contribution in [0, 0.1) is 0 Å². The molecule has 2 aromatic rings. The summed E-state index contributed by atoms with van der Waals surface area (Å²) in [6.45, 7) is 1.36. The molecule has 110 valence electrons. The van der Waals surface area contributed by atoms with Gasteiger partial charge in [-0.3, -0.25) is 15.0 Å². The van der Waals surface area contributed by atoms with Gasteiger partial charge in [-0.05, 0) is 6.07 Å². The Balaban J connectivity index is 2.32. The lowest BCUT2D eigenvalue weighted by molar-refractivity contribution is -0.114. The van der Waals surface area contributed by atoms with Crippen LogP contribution in [0.2, 0.25) is 5.02 Å². The molecule has 2 rings (SSSR count). The standard InChI is InChI=1S/C12H12ClN5O3/c1-7(19)16-10-4-11(21-2)8(3-9(10)13)12(20)17-18-5-14-15-6-18/h3-6H,1-2H3,(H,16,19)(H,17,20). The molecule has 21 heavy (non-hydrogen) atoms. The molecule has 0 bridgehead atoms. The molecular formula is C12H12ClN5O3. The number of rotatable bonds is 4. The Kier molecular flexibility index (Phi) is 4.39. The quantitative estimate of drug-likeness (QED) is 0.886. The minimum Gasteiger partial charge on any atom is -0.496 e. The molecule has 0 atom stereocenters. The molecule has 0 aliphatic carbocycles. The van der Waals surface area contributed by atoms with Crippen LogP contribution in [0.25, 0.3) is 0 Å². The van der Waals surface area contributed by atoms with Crippen molar-refractivity contribution in [2.24, 2.45) is 0 Å². The number of carbonyl (C=O) groups excluding carboxylic acids is 2. The molecule has 0 saturated carbocycles. The summed E-state index contributed by atoms with van der Waals surface area (Å²) in [5, 5.41) is 9.91. The van der Waals surface area contributed by atoms with Gasteiger partial charge in [0.25, 0.3) is 5.91 Å². The van der Waals surface area contributed by atoms with Gasteiger partial charge in [0.1, 0.15) is 18.4 Å². The minimum absolute atomic E-state index is 0.213. The molecule has 1 heterocycles. The molecule has 0 unspecified atom stereocenters. The van der Waals surface area contributed by atoms with E-state index in [1.807, 2.05) is 0 Å². The van der Waals surface area contributed by atoms with Crippen LogP contribution in [0.15, 0.2) is 24.8 Å². The second kappa shape index (κ2) is 6.23. The molecule has 1 aromatic carbocycles. The Morgan fingerprint density at radius 3 is 2.52 bits per heavy atom. The predicted molar refractivity (Wildman–Crippen MR) is 76.0 cm³/mol. The Labute approximate surface area is 125 Å². The number of aromatic nitrogens is 3.